The van der Waals surface area contributed by atoms with E-state index >= 15 is 0 Å². The van der Waals surface area contributed by atoms with E-state index in [-0.39, 0.29) is 0 Å². The fourth-order valence-electron chi connectivity index (χ4n) is 0.580. The summed E-state index contributed by atoms with van der Waals surface area (Å²) in [4.78, 5) is 2.57. The Balaban J connectivity index is 4.07. The van der Waals surface area contributed by atoms with E-state index in [1.807, 2.05) is 0 Å². The van der Waals surface area contributed by atoms with Gasteiger partial charge in [-0.2, -0.15) is 0 Å². The lowest BCUT2D eigenvalue weighted by Crippen LogP contribution is -2.02. The number of rotatable bonds is 2. The van der Waals surface area contributed by atoms with Crippen LogP contribution in [-0.2, 0) is 9.13 Å². The van der Waals surface area contributed by atoms with Gasteiger partial charge in [0.15, 0.2) is 0 Å². The summed E-state index contributed by atoms with van der Waals surface area (Å²) in [5.74, 6) is 0. The SMILES string of the molecule is CP(C)(=O)NP(C)(C)=O. The van der Waals surface area contributed by atoms with Crippen molar-refractivity contribution >= 4 is 14.6 Å². The van der Waals surface area contributed by atoms with Gasteiger partial charge in [0.25, 0.3) is 0 Å². The van der Waals surface area contributed by atoms with Gasteiger partial charge in [0.1, 0.15) is 14.6 Å². The molecular formula is C4H13NO2P2. The largest absolute Gasteiger partial charge is 0.307 e. The fourth-order valence-corrected chi connectivity index (χ4v) is 5.22. The molecular weight excluding hydrogens is 156 g/mol. The molecule has 0 rings (SSSR count). The third kappa shape index (κ3) is 8.42. The van der Waals surface area contributed by atoms with E-state index in [0.717, 1.165) is 0 Å². The fraction of sp³-hybridized carbons (Fsp3) is 1.00. The second-order valence-corrected chi connectivity index (χ2v) is 9.01. The predicted octanol–water partition coefficient (Wildman–Crippen LogP) is 1.65. The van der Waals surface area contributed by atoms with Gasteiger partial charge >= 0.3 is 0 Å². The Kier molecular flexibility index (Phi) is 2.69. The van der Waals surface area contributed by atoms with E-state index in [1.54, 1.807) is 26.7 Å². The van der Waals surface area contributed by atoms with Crippen LogP contribution in [0.4, 0.5) is 0 Å². The van der Waals surface area contributed by atoms with E-state index in [9.17, 15) is 9.13 Å². The molecule has 0 radical (unpaired) electrons. The minimum absolute atomic E-state index is 1.56. The van der Waals surface area contributed by atoms with Crippen LogP contribution in [0.2, 0.25) is 0 Å². The predicted molar refractivity (Wildman–Crippen MR) is 42.0 cm³/mol. The Morgan fingerprint density at radius 2 is 1.11 bits per heavy atom. The molecule has 0 fully saturated rings. The van der Waals surface area contributed by atoms with Gasteiger partial charge in [-0.1, -0.05) is 0 Å². The smallest absolute Gasteiger partial charge is 0.147 e. The van der Waals surface area contributed by atoms with Gasteiger partial charge in [0, 0.05) is 26.7 Å². The Morgan fingerprint density at radius 3 is 1.11 bits per heavy atom. The van der Waals surface area contributed by atoms with Crippen molar-refractivity contribution < 1.29 is 9.13 Å². The number of hydrogen-bond acceptors (Lipinski definition) is 2. The van der Waals surface area contributed by atoms with Crippen LogP contribution in [0.1, 0.15) is 0 Å². The quantitative estimate of drug-likeness (QED) is 0.639. The highest BCUT2D eigenvalue weighted by Gasteiger charge is 2.14. The first kappa shape index (κ1) is 9.42. The second-order valence-electron chi connectivity index (χ2n) is 2.80. The van der Waals surface area contributed by atoms with Crippen molar-refractivity contribution in [3.8, 4) is 0 Å². The molecule has 5 heteroatoms. The van der Waals surface area contributed by atoms with Crippen molar-refractivity contribution in [2.75, 3.05) is 26.7 Å². The minimum Gasteiger partial charge on any atom is -0.307 e. The summed E-state index contributed by atoms with van der Waals surface area (Å²) in [5.41, 5.74) is 0. The third-order valence-corrected chi connectivity index (χ3v) is 4.33. The summed E-state index contributed by atoms with van der Waals surface area (Å²) < 4.78 is 21.9. The molecule has 0 amide bonds. The lowest BCUT2D eigenvalue weighted by atomic mass is 11.9. The molecule has 0 saturated heterocycles. The monoisotopic (exact) mass is 169 g/mol. The van der Waals surface area contributed by atoms with Gasteiger partial charge in [-0.25, -0.2) is 4.86 Å². The molecule has 0 bridgehead atoms. The van der Waals surface area contributed by atoms with Crippen molar-refractivity contribution in [2.24, 2.45) is 0 Å². The van der Waals surface area contributed by atoms with E-state index in [1.165, 1.54) is 0 Å². The summed E-state index contributed by atoms with van der Waals surface area (Å²) in [5, 5.41) is 0. The summed E-state index contributed by atoms with van der Waals surface area (Å²) in [6.07, 6.45) is 0. The van der Waals surface area contributed by atoms with Crippen LogP contribution in [0.3, 0.4) is 0 Å². The molecule has 0 aromatic carbocycles. The first-order chi connectivity index (χ1) is 3.71. The van der Waals surface area contributed by atoms with Crippen molar-refractivity contribution in [3.05, 3.63) is 0 Å². The lowest BCUT2D eigenvalue weighted by molar-refractivity contribution is 0.569. The molecule has 0 heterocycles. The second kappa shape index (κ2) is 2.57. The van der Waals surface area contributed by atoms with Crippen molar-refractivity contribution in [1.82, 2.24) is 4.86 Å². The van der Waals surface area contributed by atoms with Crippen molar-refractivity contribution in [1.29, 1.82) is 0 Å². The van der Waals surface area contributed by atoms with Crippen LogP contribution in [0.25, 0.3) is 0 Å². The molecule has 9 heavy (non-hydrogen) atoms. The van der Waals surface area contributed by atoms with Gasteiger partial charge in [-0.15, -0.1) is 0 Å². The number of hydrogen-bond donors (Lipinski definition) is 1. The summed E-state index contributed by atoms with van der Waals surface area (Å²) in [6, 6.07) is 0. The standard InChI is InChI=1S/C4H13NO2P2/c1-8(2,6)5-9(3,4)7/h1-4H3,(H,5,6,7). The highest BCUT2D eigenvalue weighted by molar-refractivity contribution is 7.75. The molecule has 1 N–H and O–H groups in total. The van der Waals surface area contributed by atoms with E-state index in [2.05, 4.69) is 4.86 Å². The molecule has 56 valence electrons. The highest BCUT2D eigenvalue weighted by atomic mass is 31.2. The van der Waals surface area contributed by atoms with Gasteiger partial charge in [0.2, 0.25) is 0 Å². The molecule has 0 atom stereocenters. The van der Waals surface area contributed by atoms with Crippen molar-refractivity contribution in [3.63, 3.8) is 0 Å². The highest BCUT2D eigenvalue weighted by Crippen LogP contribution is 2.45. The van der Waals surface area contributed by atoms with E-state index in [0.29, 0.717) is 0 Å². The van der Waals surface area contributed by atoms with Crippen LogP contribution >= 0.6 is 14.6 Å². The molecule has 0 aliphatic heterocycles. The topological polar surface area (TPSA) is 46.2 Å². The molecule has 0 aromatic rings. The van der Waals surface area contributed by atoms with Crippen LogP contribution in [-0.4, -0.2) is 26.7 Å². The Labute approximate surface area is 56.1 Å². The van der Waals surface area contributed by atoms with E-state index < -0.39 is 14.6 Å². The summed E-state index contributed by atoms with van der Waals surface area (Å²) in [6.45, 7) is 6.25. The van der Waals surface area contributed by atoms with Gasteiger partial charge in [-0.05, 0) is 0 Å². The van der Waals surface area contributed by atoms with Gasteiger partial charge < -0.3 is 9.13 Å². The average molecular weight is 169 g/mol. The van der Waals surface area contributed by atoms with Gasteiger partial charge in [0.05, 0.1) is 0 Å². The van der Waals surface area contributed by atoms with Crippen molar-refractivity contribution in [2.45, 2.75) is 0 Å². The number of nitrogens with one attached hydrogen (secondary N) is 1. The Morgan fingerprint density at radius 1 is 0.889 bits per heavy atom. The average Bonchev–Trinajstić information content (AvgIpc) is 1.14. The maximum atomic E-state index is 10.9. The Hall–Kier alpha value is 0.420. The van der Waals surface area contributed by atoms with Crippen LogP contribution in [0, 0.1) is 0 Å². The Bertz CT molecular complexity index is 157. The summed E-state index contributed by atoms with van der Waals surface area (Å²) in [7, 11) is -4.60. The molecule has 0 saturated carbocycles. The third-order valence-electron chi connectivity index (χ3n) is 0.482. The molecule has 3 nitrogen and oxygen atoms in total. The van der Waals surface area contributed by atoms with Gasteiger partial charge in [-0.3, -0.25) is 0 Å². The maximum Gasteiger partial charge on any atom is 0.147 e. The first-order valence-corrected chi connectivity index (χ1v) is 7.80. The normalized spacial score (nSPS) is 13.8. The lowest BCUT2D eigenvalue weighted by Gasteiger charge is -2.12. The molecule has 0 unspecified atom stereocenters. The zero-order chi connectivity index (χ0) is 7.71. The van der Waals surface area contributed by atoms with E-state index in [4.69, 9.17) is 0 Å². The zero-order valence-corrected chi connectivity index (χ0v) is 8.00. The molecule has 0 aliphatic carbocycles. The van der Waals surface area contributed by atoms with Crippen LogP contribution < -0.4 is 4.86 Å². The minimum atomic E-state index is -2.30. The molecule has 0 aromatic heterocycles. The zero-order valence-electron chi connectivity index (χ0n) is 6.21. The molecule has 0 spiro atoms. The molecule has 0 aliphatic rings. The van der Waals surface area contributed by atoms with Crippen LogP contribution in [0.15, 0.2) is 0 Å². The summed E-state index contributed by atoms with van der Waals surface area (Å²) >= 11 is 0. The first-order valence-electron chi connectivity index (χ1n) is 2.60. The van der Waals surface area contributed by atoms with Crippen LogP contribution in [0.5, 0.6) is 0 Å². The maximum absolute atomic E-state index is 10.9.